The van der Waals surface area contributed by atoms with E-state index in [1.165, 1.54) is 10.5 Å². The van der Waals surface area contributed by atoms with Crippen molar-refractivity contribution in [1.29, 1.82) is 0 Å². The first-order chi connectivity index (χ1) is 13.5. The van der Waals surface area contributed by atoms with E-state index in [4.69, 9.17) is 9.84 Å². The zero-order chi connectivity index (χ0) is 20.1. The number of hydrogen-bond acceptors (Lipinski definition) is 3. The Hall–Kier alpha value is -1.76. The smallest absolute Gasteiger partial charge is 0.407 e. The van der Waals surface area contributed by atoms with Crippen molar-refractivity contribution < 1.29 is 19.4 Å². The molecule has 2 saturated heterocycles. The first-order valence-corrected chi connectivity index (χ1v) is 10.8. The van der Waals surface area contributed by atoms with E-state index in [1.54, 1.807) is 7.11 Å². The van der Waals surface area contributed by atoms with Gasteiger partial charge in [0.1, 0.15) is 5.75 Å². The summed E-state index contributed by atoms with van der Waals surface area (Å²) in [6.45, 7) is 2.73. The van der Waals surface area contributed by atoms with Gasteiger partial charge in [-0.3, -0.25) is 4.79 Å². The number of halogens is 1. The minimum atomic E-state index is -0.852. The molecule has 2 heterocycles. The third kappa shape index (κ3) is 5.40. The predicted octanol–water partition coefficient (Wildman–Crippen LogP) is 4.02. The Morgan fingerprint density at radius 3 is 2.29 bits per heavy atom. The van der Waals surface area contributed by atoms with Crippen molar-refractivity contribution in [3.8, 4) is 5.75 Å². The molecule has 28 heavy (non-hydrogen) atoms. The van der Waals surface area contributed by atoms with Gasteiger partial charge < -0.3 is 19.6 Å². The van der Waals surface area contributed by atoms with Gasteiger partial charge in [-0.25, -0.2) is 4.79 Å². The van der Waals surface area contributed by atoms with Crippen LogP contribution in [0.15, 0.2) is 22.7 Å². The van der Waals surface area contributed by atoms with Crippen molar-refractivity contribution in [3.63, 3.8) is 0 Å². The fraction of sp³-hybridized carbons (Fsp3) is 0.619. The number of nitrogens with zero attached hydrogens (tertiary/aromatic N) is 2. The van der Waals surface area contributed by atoms with Gasteiger partial charge in [-0.2, -0.15) is 0 Å². The van der Waals surface area contributed by atoms with Gasteiger partial charge >= 0.3 is 6.09 Å². The van der Waals surface area contributed by atoms with Crippen LogP contribution >= 0.6 is 15.9 Å². The molecule has 0 saturated carbocycles. The van der Waals surface area contributed by atoms with Crippen molar-refractivity contribution >= 4 is 27.9 Å². The summed E-state index contributed by atoms with van der Waals surface area (Å²) < 4.78 is 6.44. The number of piperidine rings is 2. The maximum Gasteiger partial charge on any atom is 0.407 e. The average molecular weight is 453 g/mol. The van der Waals surface area contributed by atoms with Crippen molar-refractivity contribution in [1.82, 2.24) is 9.80 Å². The van der Waals surface area contributed by atoms with E-state index >= 15 is 0 Å². The summed E-state index contributed by atoms with van der Waals surface area (Å²) in [6.07, 6.45) is 4.32. The van der Waals surface area contributed by atoms with Crippen LogP contribution in [-0.4, -0.2) is 60.2 Å². The molecule has 1 N–H and O–H groups in total. The molecular formula is C21H29BrN2O4. The molecular weight excluding hydrogens is 424 g/mol. The number of carbonyl (C=O) groups is 2. The average Bonchev–Trinajstić information content (AvgIpc) is 2.70. The second kappa shape index (κ2) is 9.63. The minimum Gasteiger partial charge on any atom is -0.497 e. The fourth-order valence-electron chi connectivity index (χ4n) is 4.24. The highest BCUT2D eigenvalue weighted by Gasteiger charge is 2.28. The van der Waals surface area contributed by atoms with Crippen molar-refractivity contribution in [2.45, 2.75) is 38.5 Å². The lowest BCUT2D eigenvalue weighted by molar-refractivity contribution is -0.133. The molecule has 2 fully saturated rings. The van der Waals surface area contributed by atoms with Crippen LogP contribution in [0.5, 0.6) is 5.75 Å². The van der Waals surface area contributed by atoms with E-state index in [1.807, 2.05) is 17.0 Å². The number of benzene rings is 1. The lowest BCUT2D eigenvalue weighted by Gasteiger charge is -2.34. The lowest BCUT2D eigenvalue weighted by Crippen LogP contribution is -2.42. The highest BCUT2D eigenvalue weighted by atomic mass is 79.9. The summed E-state index contributed by atoms with van der Waals surface area (Å²) in [7, 11) is 1.68. The number of carbonyl (C=O) groups excluding carboxylic acids is 1. The third-order valence-corrected chi connectivity index (χ3v) is 6.85. The Morgan fingerprint density at radius 1 is 1.07 bits per heavy atom. The van der Waals surface area contributed by atoms with E-state index in [0.29, 0.717) is 31.3 Å². The van der Waals surface area contributed by atoms with Crippen LogP contribution in [0.25, 0.3) is 0 Å². The van der Waals surface area contributed by atoms with E-state index in [-0.39, 0.29) is 5.91 Å². The quantitative estimate of drug-likeness (QED) is 0.731. The van der Waals surface area contributed by atoms with Gasteiger partial charge in [0.2, 0.25) is 5.91 Å². The summed E-state index contributed by atoms with van der Waals surface area (Å²) in [5.74, 6) is 1.99. The Labute approximate surface area is 175 Å². The van der Waals surface area contributed by atoms with Crippen LogP contribution in [0.1, 0.15) is 37.7 Å². The van der Waals surface area contributed by atoms with Gasteiger partial charge in [-0.15, -0.1) is 0 Å². The Bertz CT molecular complexity index is 696. The molecule has 2 aliphatic heterocycles. The number of methoxy groups -OCH3 is 1. The molecule has 0 unspecified atom stereocenters. The third-order valence-electron chi connectivity index (χ3n) is 6.08. The van der Waals surface area contributed by atoms with Crippen LogP contribution in [-0.2, 0) is 11.2 Å². The van der Waals surface area contributed by atoms with Crippen molar-refractivity contribution in [2.24, 2.45) is 11.8 Å². The number of hydrogen-bond donors (Lipinski definition) is 1. The monoisotopic (exact) mass is 452 g/mol. The molecule has 0 aromatic heterocycles. The largest absolute Gasteiger partial charge is 0.497 e. The van der Waals surface area contributed by atoms with Crippen molar-refractivity contribution in [3.05, 3.63) is 28.2 Å². The SMILES string of the molecule is COc1ccc(Br)c(CC2CCN(C(=O)CC3CCN(C(=O)O)CC3)CC2)c1. The molecule has 1 aromatic rings. The number of amides is 2. The van der Waals surface area contributed by atoms with Gasteiger partial charge in [0.25, 0.3) is 0 Å². The molecule has 0 spiro atoms. The zero-order valence-corrected chi connectivity index (χ0v) is 18.0. The Balaban J connectivity index is 1.44. The van der Waals surface area contributed by atoms with Crippen molar-refractivity contribution in [2.75, 3.05) is 33.3 Å². The standard InChI is InChI=1S/C21H29BrN2O4/c1-28-18-2-3-19(22)17(14-18)12-15-4-8-23(9-5-15)20(25)13-16-6-10-24(11-7-16)21(26)27/h2-3,14-16H,4-13H2,1H3,(H,26,27). The molecule has 0 bridgehead atoms. The summed E-state index contributed by atoms with van der Waals surface area (Å²) in [4.78, 5) is 27.1. The van der Waals surface area contributed by atoms with E-state index < -0.39 is 6.09 Å². The minimum absolute atomic E-state index is 0.231. The summed E-state index contributed by atoms with van der Waals surface area (Å²) in [5.41, 5.74) is 1.26. The van der Waals surface area contributed by atoms with Gasteiger partial charge in [0.05, 0.1) is 7.11 Å². The zero-order valence-electron chi connectivity index (χ0n) is 16.4. The number of likely N-dealkylation sites (tertiary alicyclic amines) is 2. The second-order valence-corrected chi connectivity index (χ2v) is 8.76. The summed E-state index contributed by atoms with van der Waals surface area (Å²) in [6, 6.07) is 6.07. The van der Waals surface area contributed by atoms with Crippen LogP contribution in [0.2, 0.25) is 0 Å². The van der Waals surface area contributed by atoms with Gasteiger partial charge in [0, 0.05) is 37.1 Å². The molecule has 3 rings (SSSR count). The van der Waals surface area contributed by atoms with Crippen LogP contribution < -0.4 is 4.74 Å². The maximum absolute atomic E-state index is 12.7. The molecule has 6 nitrogen and oxygen atoms in total. The first kappa shape index (κ1) is 21.0. The van der Waals surface area contributed by atoms with E-state index in [0.717, 1.165) is 55.4 Å². The Kier molecular flexibility index (Phi) is 7.21. The van der Waals surface area contributed by atoms with Gasteiger partial charge in [0.15, 0.2) is 0 Å². The molecule has 0 aliphatic carbocycles. The van der Waals surface area contributed by atoms with E-state index in [9.17, 15) is 9.59 Å². The van der Waals surface area contributed by atoms with Crippen LogP contribution in [0, 0.1) is 11.8 Å². The second-order valence-electron chi connectivity index (χ2n) is 7.90. The number of ether oxygens (including phenoxy) is 1. The topological polar surface area (TPSA) is 70.1 Å². The first-order valence-electron chi connectivity index (χ1n) is 10.0. The molecule has 0 atom stereocenters. The lowest BCUT2D eigenvalue weighted by atomic mass is 9.89. The van der Waals surface area contributed by atoms with E-state index in [2.05, 4.69) is 22.0 Å². The normalized spacial score (nSPS) is 18.9. The van der Waals surface area contributed by atoms with Gasteiger partial charge in [-0.05, 0) is 67.7 Å². The summed E-state index contributed by atoms with van der Waals surface area (Å²) in [5, 5.41) is 9.03. The number of carboxylic acid groups (broad SMARTS) is 1. The molecule has 2 amide bonds. The molecule has 154 valence electrons. The van der Waals surface area contributed by atoms with Gasteiger partial charge in [-0.1, -0.05) is 15.9 Å². The fourth-order valence-corrected chi connectivity index (χ4v) is 4.64. The van der Waals surface area contributed by atoms with Crippen LogP contribution in [0.3, 0.4) is 0 Å². The highest BCUT2D eigenvalue weighted by molar-refractivity contribution is 9.10. The molecule has 1 aromatic carbocycles. The van der Waals surface area contributed by atoms with Crippen LogP contribution in [0.4, 0.5) is 4.79 Å². The Morgan fingerprint density at radius 2 is 1.68 bits per heavy atom. The molecule has 0 radical (unpaired) electrons. The maximum atomic E-state index is 12.7. The predicted molar refractivity (Wildman–Crippen MR) is 111 cm³/mol. The molecule has 2 aliphatic rings. The summed E-state index contributed by atoms with van der Waals surface area (Å²) >= 11 is 3.63. The number of rotatable bonds is 5. The highest BCUT2D eigenvalue weighted by Crippen LogP contribution is 2.29. The molecule has 7 heteroatoms.